The third kappa shape index (κ3) is 5.89. The Hall–Kier alpha value is -2.73. The molecule has 0 bridgehead atoms. The number of hydrogen-bond donors (Lipinski definition) is 2. The number of halogens is 1. The van der Waals surface area contributed by atoms with Crippen molar-refractivity contribution < 1.29 is 14.3 Å². The predicted octanol–water partition coefficient (Wildman–Crippen LogP) is 4.16. The van der Waals surface area contributed by atoms with Crippen LogP contribution in [0.1, 0.15) is 20.3 Å². The van der Waals surface area contributed by atoms with Crippen LogP contribution in [0.2, 0.25) is 5.02 Å². The Bertz CT molecular complexity index is 790. The van der Waals surface area contributed by atoms with Crippen LogP contribution in [0.4, 0.5) is 17.1 Å². The zero-order valence-electron chi connectivity index (χ0n) is 15.7. The molecule has 7 heteroatoms. The molecule has 0 radical (unpaired) electrons. The molecule has 0 unspecified atom stereocenters. The van der Waals surface area contributed by atoms with Crippen molar-refractivity contribution in [2.24, 2.45) is 0 Å². The molecular weight excluding hydrogens is 366 g/mol. The van der Waals surface area contributed by atoms with Crippen molar-refractivity contribution in [1.82, 2.24) is 0 Å². The molecule has 2 aromatic carbocycles. The van der Waals surface area contributed by atoms with E-state index in [2.05, 4.69) is 29.4 Å². The number of carbonyl (C=O) groups is 2. The smallest absolute Gasteiger partial charge is 0.233 e. The summed E-state index contributed by atoms with van der Waals surface area (Å²) in [7, 11) is 1.51. The van der Waals surface area contributed by atoms with Gasteiger partial charge in [-0.1, -0.05) is 11.6 Å². The quantitative estimate of drug-likeness (QED) is 0.665. The topological polar surface area (TPSA) is 70.7 Å². The number of benzene rings is 2. The lowest BCUT2D eigenvalue weighted by atomic mass is 10.2. The molecule has 2 rings (SSSR count). The second kappa shape index (κ2) is 9.83. The Labute approximate surface area is 164 Å². The summed E-state index contributed by atoms with van der Waals surface area (Å²) in [5.74, 6) is -0.295. The molecule has 144 valence electrons. The monoisotopic (exact) mass is 389 g/mol. The molecule has 0 saturated heterocycles. The molecule has 0 spiro atoms. The Morgan fingerprint density at radius 1 is 0.963 bits per heavy atom. The first kappa shape index (κ1) is 20.6. The largest absolute Gasteiger partial charge is 0.495 e. The Morgan fingerprint density at radius 2 is 1.52 bits per heavy atom. The number of nitrogens with zero attached hydrogens (tertiary/aromatic N) is 1. The van der Waals surface area contributed by atoms with Crippen molar-refractivity contribution in [2.45, 2.75) is 20.3 Å². The van der Waals surface area contributed by atoms with Gasteiger partial charge in [-0.05, 0) is 56.3 Å². The summed E-state index contributed by atoms with van der Waals surface area (Å²) >= 11 is 6.02. The van der Waals surface area contributed by atoms with E-state index in [9.17, 15) is 9.59 Å². The fourth-order valence-corrected chi connectivity index (χ4v) is 2.90. The summed E-state index contributed by atoms with van der Waals surface area (Å²) in [6, 6.07) is 12.4. The molecule has 0 aliphatic rings. The minimum absolute atomic E-state index is 0.290. The second-order valence-corrected chi connectivity index (χ2v) is 6.25. The van der Waals surface area contributed by atoms with Gasteiger partial charge >= 0.3 is 0 Å². The maximum absolute atomic E-state index is 12.1. The molecule has 2 N–H and O–H groups in total. The minimum Gasteiger partial charge on any atom is -0.495 e. The van der Waals surface area contributed by atoms with Crippen LogP contribution in [0.5, 0.6) is 5.75 Å². The van der Waals surface area contributed by atoms with E-state index in [0.29, 0.717) is 22.1 Å². The van der Waals surface area contributed by atoms with Gasteiger partial charge in [0.1, 0.15) is 12.2 Å². The number of rotatable bonds is 8. The van der Waals surface area contributed by atoms with Crippen molar-refractivity contribution >= 4 is 40.5 Å². The average Bonchev–Trinajstić information content (AvgIpc) is 2.64. The number of anilines is 3. The first-order chi connectivity index (χ1) is 13.0. The summed E-state index contributed by atoms with van der Waals surface area (Å²) in [6.07, 6.45) is -0.290. The van der Waals surface area contributed by atoms with Gasteiger partial charge < -0.3 is 20.3 Å². The molecule has 0 aliphatic heterocycles. The molecule has 0 fully saturated rings. The van der Waals surface area contributed by atoms with Crippen LogP contribution in [0.3, 0.4) is 0 Å². The minimum atomic E-state index is -0.423. The van der Waals surface area contributed by atoms with Crippen LogP contribution >= 0.6 is 11.6 Å². The van der Waals surface area contributed by atoms with Crippen molar-refractivity contribution in [3.63, 3.8) is 0 Å². The average molecular weight is 390 g/mol. The Balaban J connectivity index is 1.89. The molecule has 2 aromatic rings. The van der Waals surface area contributed by atoms with E-state index < -0.39 is 5.91 Å². The van der Waals surface area contributed by atoms with Crippen molar-refractivity contribution in [3.8, 4) is 5.75 Å². The number of ether oxygens (including phenoxy) is 1. The van der Waals surface area contributed by atoms with Gasteiger partial charge in [-0.2, -0.15) is 0 Å². The molecular formula is C20H24ClN3O3. The van der Waals surface area contributed by atoms with Crippen molar-refractivity contribution in [3.05, 3.63) is 47.5 Å². The summed E-state index contributed by atoms with van der Waals surface area (Å²) in [5, 5.41) is 5.75. The molecule has 0 aliphatic carbocycles. The SMILES string of the molecule is CCN(CC)c1ccc(NC(=O)CC(=O)Nc2ccc(OC)c(Cl)c2)cc1. The van der Waals surface area contributed by atoms with E-state index in [4.69, 9.17) is 16.3 Å². The third-order valence-electron chi connectivity index (χ3n) is 4.04. The highest BCUT2D eigenvalue weighted by Gasteiger charge is 2.11. The van der Waals surface area contributed by atoms with Crippen LogP contribution in [-0.2, 0) is 9.59 Å². The van der Waals surface area contributed by atoms with Crippen LogP contribution in [0.25, 0.3) is 0 Å². The molecule has 2 amide bonds. The third-order valence-corrected chi connectivity index (χ3v) is 4.33. The standard InChI is InChI=1S/C20H24ClN3O3/c1-4-24(5-2)16-9-6-14(7-10-16)22-19(25)13-20(26)23-15-8-11-18(27-3)17(21)12-15/h6-12H,4-5,13H2,1-3H3,(H,22,25)(H,23,26). The van der Waals surface area contributed by atoms with Gasteiger partial charge in [0.2, 0.25) is 11.8 Å². The molecule has 6 nitrogen and oxygen atoms in total. The van der Waals surface area contributed by atoms with Crippen LogP contribution in [0, 0.1) is 0 Å². The number of carbonyl (C=O) groups excluding carboxylic acids is 2. The second-order valence-electron chi connectivity index (χ2n) is 5.84. The van der Waals surface area contributed by atoms with E-state index in [0.717, 1.165) is 18.8 Å². The van der Waals surface area contributed by atoms with Gasteiger partial charge in [0.05, 0.1) is 12.1 Å². The highest BCUT2D eigenvalue weighted by Crippen LogP contribution is 2.27. The zero-order chi connectivity index (χ0) is 19.8. The van der Waals surface area contributed by atoms with E-state index in [1.807, 2.05) is 24.3 Å². The van der Waals surface area contributed by atoms with E-state index >= 15 is 0 Å². The maximum atomic E-state index is 12.1. The highest BCUT2D eigenvalue weighted by molar-refractivity contribution is 6.32. The summed E-state index contributed by atoms with van der Waals surface area (Å²) in [6.45, 7) is 6.01. The molecule has 0 saturated carbocycles. The van der Waals surface area contributed by atoms with Gasteiger partial charge in [-0.3, -0.25) is 9.59 Å². The fourth-order valence-electron chi connectivity index (χ4n) is 2.64. The number of nitrogens with one attached hydrogen (secondary N) is 2. The van der Waals surface area contributed by atoms with Crippen molar-refractivity contribution in [2.75, 3.05) is 35.7 Å². The highest BCUT2D eigenvalue weighted by atomic mass is 35.5. The Morgan fingerprint density at radius 3 is 2.04 bits per heavy atom. The molecule has 27 heavy (non-hydrogen) atoms. The van der Waals surface area contributed by atoms with Gasteiger partial charge in [0.15, 0.2) is 0 Å². The van der Waals surface area contributed by atoms with Crippen LogP contribution in [-0.4, -0.2) is 32.0 Å². The van der Waals surface area contributed by atoms with Gasteiger partial charge in [-0.15, -0.1) is 0 Å². The van der Waals surface area contributed by atoms with Gasteiger partial charge in [0.25, 0.3) is 0 Å². The number of hydrogen-bond acceptors (Lipinski definition) is 4. The number of methoxy groups -OCH3 is 1. The first-order valence-electron chi connectivity index (χ1n) is 8.75. The predicted molar refractivity (Wildman–Crippen MR) is 110 cm³/mol. The van der Waals surface area contributed by atoms with E-state index in [1.165, 1.54) is 7.11 Å². The van der Waals surface area contributed by atoms with E-state index in [-0.39, 0.29) is 12.3 Å². The normalized spacial score (nSPS) is 10.2. The summed E-state index contributed by atoms with van der Waals surface area (Å²) in [4.78, 5) is 26.3. The lowest BCUT2D eigenvalue weighted by Gasteiger charge is -2.21. The lowest BCUT2D eigenvalue weighted by Crippen LogP contribution is -2.22. The van der Waals surface area contributed by atoms with Crippen LogP contribution in [0.15, 0.2) is 42.5 Å². The summed E-state index contributed by atoms with van der Waals surface area (Å²) in [5.41, 5.74) is 2.24. The molecule has 0 heterocycles. The zero-order valence-corrected chi connectivity index (χ0v) is 16.5. The molecule has 0 atom stereocenters. The fraction of sp³-hybridized carbons (Fsp3) is 0.300. The number of amides is 2. The van der Waals surface area contributed by atoms with Gasteiger partial charge in [-0.25, -0.2) is 0 Å². The Kier molecular flexibility index (Phi) is 7.49. The van der Waals surface area contributed by atoms with Gasteiger partial charge in [0, 0.05) is 30.2 Å². The van der Waals surface area contributed by atoms with Crippen LogP contribution < -0.4 is 20.3 Å². The molecule has 0 aromatic heterocycles. The maximum Gasteiger partial charge on any atom is 0.233 e. The van der Waals surface area contributed by atoms with Crippen molar-refractivity contribution in [1.29, 1.82) is 0 Å². The first-order valence-corrected chi connectivity index (χ1v) is 9.12. The van der Waals surface area contributed by atoms with E-state index in [1.54, 1.807) is 18.2 Å². The summed E-state index contributed by atoms with van der Waals surface area (Å²) < 4.78 is 5.06. The lowest BCUT2D eigenvalue weighted by molar-refractivity contribution is -0.123.